The average Bonchev–Trinajstić information content (AvgIpc) is 2.06. The molecule has 4 nitrogen and oxygen atoms in total. The lowest BCUT2D eigenvalue weighted by atomic mass is 10.0. The third kappa shape index (κ3) is 5.54. The molecule has 1 atom stereocenters. The van der Waals surface area contributed by atoms with Gasteiger partial charge >= 0.3 is 6.09 Å². The third-order valence-electron chi connectivity index (χ3n) is 2.31. The van der Waals surface area contributed by atoms with Gasteiger partial charge in [-0.25, -0.2) is 13.6 Å². The van der Waals surface area contributed by atoms with Crippen molar-refractivity contribution in [1.29, 1.82) is 0 Å². The number of nitrogens with zero attached hydrogens (tertiary/aromatic N) is 1. The van der Waals surface area contributed by atoms with Crippen molar-refractivity contribution < 1.29 is 18.3 Å². The smallest absolute Gasteiger partial charge is 0.410 e. The molecule has 0 aliphatic carbocycles. The van der Waals surface area contributed by atoms with Gasteiger partial charge in [-0.2, -0.15) is 0 Å². The van der Waals surface area contributed by atoms with Gasteiger partial charge < -0.3 is 15.4 Å². The number of carbonyl (C=O) groups is 1. The molecule has 0 saturated carbocycles. The Morgan fingerprint density at radius 1 is 1.39 bits per heavy atom. The van der Waals surface area contributed by atoms with Crippen molar-refractivity contribution in [3.63, 3.8) is 0 Å². The Morgan fingerprint density at radius 3 is 2.28 bits per heavy atom. The fraction of sp³-hybridized carbons (Fsp3) is 0.900. The predicted molar refractivity (Wildman–Crippen MR) is 69.8 cm³/mol. The van der Waals surface area contributed by atoms with E-state index in [-0.39, 0.29) is 37.8 Å². The van der Waals surface area contributed by atoms with Crippen molar-refractivity contribution in [3.05, 3.63) is 0 Å². The Morgan fingerprint density at radius 2 is 1.89 bits per heavy atom. The number of rotatable bonds is 0. The summed E-state index contributed by atoms with van der Waals surface area (Å²) < 4.78 is 31.6. The molecule has 0 radical (unpaired) electrons. The maximum atomic E-state index is 13.3. The molecular weight excluding hydrogens is 289 g/mol. The molecule has 1 fully saturated rings. The highest BCUT2D eigenvalue weighted by molar-refractivity contribution is 5.85. The van der Waals surface area contributed by atoms with Crippen LogP contribution in [0.5, 0.6) is 0 Å². The second-order valence-electron chi connectivity index (χ2n) is 5.06. The Balaban J connectivity index is 0. The first kappa shape index (κ1) is 20.0. The predicted octanol–water partition coefficient (Wildman–Crippen LogP) is 2.43. The van der Waals surface area contributed by atoms with Gasteiger partial charge in [-0.1, -0.05) is 0 Å². The summed E-state index contributed by atoms with van der Waals surface area (Å²) >= 11 is 0. The van der Waals surface area contributed by atoms with Crippen molar-refractivity contribution in [2.75, 3.05) is 13.1 Å². The molecule has 0 aromatic carbocycles. The van der Waals surface area contributed by atoms with E-state index < -0.39 is 30.2 Å². The summed E-state index contributed by atoms with van der Waals surface area (Å²) in [5.74, 6) is -3.03. The number of amides is 1. The Kier molecular flexibility index (Phi) is 7.47. The molecule has 1 aliphatic heterocycles. The maximum Gasteiger partial charge on any atom is 0.410 e. The number of ether oxygens (including phenoxy) is 1. The van der Waals surface area contributed by atoms with Gasteiger partial charge in [-0.15, -0.1) is 24.8 Å². The molecule has 18 heavy (non-hydrogen) atoms. The third-order valence-corrected chi connectivity index (χ3v) is 2.31. The van der Waals surface area contributed by atoms with Gasteiger partial charge in [-0.05, 0) is 27.2 Å². The van der Waals surface area contributed by atoms with Gasteiger partial charge in [0.1, 0.15) is 5.60 Å². The van der Waals surface area contributed by atoms with Crippen LogP contribution in [0, 0.1) is 0 Å². The van der Waals surface area contributed by atoms with Crippen LogP contribution in [-0.4, -0.2) is 41.6 Å². The largest absolute Gasteiger partial charge is 0.444 e. The normalized spacial score (nSPS) is 22.6. The quantitative estimate of drug-likeness (QED) is 0.748. The van der Waals surface area contributed by atoms with Crippen LogP contribution in [-0.2, 0) is 4.74 Å². The van der Waals surface area contributed by atoms with E-state index in [2.05, 4.69) is 0 Å². The molecule has 0 spiro atoms. The zero-order valence-electron chi connectivity index (χ0n) is 10.6. The fourth-order valence-electron chi connectivity index (χ4n) is 1.44. The Hall–Kier alpha value is -0.330. The summed E-state index contributed by atoms with van der Waals surface area (Å²) in [4.78, 5) is 12.5. The van der Waals surface area contributed by atoms with E-state index in [1.165, 1.54) is 0 Å². The number of alkyl halides is 2. The van der Waals surface area contributed by atoms with Gasteiger partial charge in [0.05, 0.1) is 12.6 Å². The molecule has 0 bridgehead atoms. The first-order chi connectivity index (χ1) is 7.12. The molecule has 0 aromatic rings. The number of carbonyl (C=O) groups excluding carboxylic acids is 1. The summed E-state index contributed by atoms with van der Waals surface area (Å²) in [6, 6.07) is -1.17. The summed E-state index contributed by atoms with van der Waals surface area (Å²) in [5, 5.41) is 0. The zero-order chi connectivity index (χ0) is 12.6. The minimum absolute atomic E-state index is 0. The van der Waals surface area contributed by atoms with Crippen LogP contribution in [0.3, 0.4) is 0 Å². The maximum absolute atomic E-state index is 13.3. The highest BCUT2D eigenvalue weighted by Crippen LogP contribution is 2.26. The van der Waals surface area contributed by atoms with Crippen LogP contribution in [0.4, 0.5) is 13.6 Å². The second-order valence-corrected chi connectivity index (χ2v) is 5.06. The molecule has 1 rings (SSSR count). The minimum atomic E-state index is -3.03. The number of hydrogen-bond acceptors (Lipinski definition) is 3. The van der Waals surface area contributed by atoms with Crippen LogP contribution in [0.25, 0.3) is 0 Å². The number of nitrogens with two attached hydrogens (primary N) is 1. The first-order valence-electron chi connectivity index (χ1n) is 5.23. The van der Waals surface area contributed by atoms with Gasteiger partial charge in [0, 0.05) is 6.54 Å². The molecule has 1 unspecified atom stereocenters. The average molecular weight is 309 g/mol. The second kappa shape index (κ2) is 6.73. The molecule has 8 heteroatoms. The zero-order valence-corrected chi connectivity index (χ0v) is 12.2. The lowest BCUT2D eigenvalue weighted by Crippen LogP contribution is -2.57. The van der Waals surface area contributed by atoms with E-state index in [4.69, 9.17) is 10.5 Å². The van der Waals surface area contributed by atoms with Crippen molar-refractivity contribution >= 4 is 30.9 Å². The molecule has 110 valence electrons. The Labute approximate surface area is 118 Å². The summed E-state index contributed by atoms with van der Waals surface area (Å²) in [6.45, 7) is 4.63. The topological polar surface area (TPSA) is 55.6 Å². The number of piperidine rings is 1. The highest BCUT2D eigenvalue weighted by atomic mass is 35.5. The van der Waals surface area contributed by atoms with Crippen molar-refractivity contribution in [3.8, 4) is 0 Å². The SMILES string of the molecule is CC(C)(C)OC(=O)N1CCC(N)C(F)(F)C1.Cl.Cl. The molecule has 1 aliphatic rings. The molecule has 2 N–H and O–H groups in total. The molecule has 1 heterocycles. The van der Waals surface area contributed by atoms with Crippen LogP contribution in [0.2, 0.25) is 0 Å². The van der Waals surface area contributed by atoms with Crippen molar-refractivity contribution in [1.82, 2.24) is 4.90 Å². The van der Waals surface area contributed by atoms with E-state index in [9.17, 15) is 13.6 Å². The van der Waals surface area contributed by atoms with Gasteiger partial charge in [0.2, 0.25) is 0 Å². The van der Waals surface area contributed by atoms with Crippen LogP contribution < -0.4 is 5.73 Å². The van der Waals surface area contributed by atoms with Crippen LogP contribution >= 0.6 is 24.8 Å². The summed E-state index contributed by atoms with van der Waals surface area (Å²) in [5.41, 5.74) is 4.60. The van der Waals surface area contributed by atoms with E-state index >= 15 is 0 Å². The van der Waals surface area contributed by atoms with E-state index in [0.29, 0.717) is 0 Å². The van der Waals surface area contributed by atoms with Crippen LogP contribution in [0.15, 0.2) is 0 Å². The Bertz CT molecular complexity index is 286. The van der Waals surface area contributed by atoms with Gasteiger partial charge in [-0.3, -0.25) is 0 Å². The number of halogens is 4. The van der Waals surface area contributed by atoms with E-state index in [0.717, 1.165) is 4.90 Å². The standard InChI is InChI=1S/C10H18F2N2O2.2ClH/c1-9(2,3)16-8(15)14-5-4-7(13)10(11,12)6-14;;/h7H,4-6,13H2,1-3H3;2*1H. The minimum Gasteiger partial charge on any atom is -0.444 e. The summed E-state index contributed by atoms with van der Waals surface area (Å²) in [7, 11) is 0. The first-order valence-corrected chi connectivity index (χ1v) is 5.23. The van der Waals surface area contributed by atoms with Gasteiger partial charge in [0.25, 0.3) is 5.92 Å². The fourth-order valence-corrected chi connectivity index (χ4v) is 1.44. The highest BCUT2D eigenvalue weighted by Gasteiger charge is 2.44. The molecule has 0 aromatic heterocycles. The molecule has 1 amide bonds. The van der Waals surface area contributed by atoms with Gasteiger partial charge in [0.15, 0.2) is 0 Å². The van der Waals surface area contributed by atoms with E-state index in [1.54, 1.807) is 20.8 Å². The van der Waals surface area contributed by atoms with E-state index in [1.807, 2.05) is 0 Å². The lowest BCUT2D eigenvalue weighted by Gasteiger charge is -2.37. The number of hydrogen-bond donors (Lipinski definition) is 1. The number of likely N-dealkylation sites (tertiary alicyclic amines) is 1. The van der Waals surface area contributed by atoms with Crippen LogP contribution in [0.1, 0.15) is 27.2 Å². The van der Waals surface area contributed by atoms with Crippen molar-refractivity contribution in [2.45, 2.75) is 44.8 Å². The van der Waals surface area contributed by atoms with Crippen molar-refractivity contribution in [2.24, 2.45) is 5.73 Å². The lowest BCUT2D eigenvalue weighted by molar-refractivity contribution is -0.0820. The summed E-state index contributed by atoms with van der Waals surface area (Å²) in [6.07, 6.45) is -0.620. The molecular formula is C10H20Cl2F2N2O2. The monoisotopic (exact) mass is 308 g/mol. The molecule has 1 saturated heterocycles.